The first kappa shape index (κ1) is 38.5. The Morgan fingerprint density at radius 1 is 0.421 bits per heavy atom. The zero-order valence-corrected chi connectivity index (χ0v) is 24.3. The number of aliphatic carboxylic acids is 2. The largest absolute Gasteiger partial charge is 0.481 e. The molecule has 0 amide bonds. The highest BCUT2D eigenvalue weighted by Crippen LogP contribution is 2.12. The summed E-state index contributed by atoms with van der Waals surface area (Å²) >= 11 is 0. The number of rotatable bonds is 28. The highest BCUT2D eigenvalue weighted by atomic mass is 16.4. The number of hydrogen-bond acceptors (Lipinski definition) is 4. The number of aliphatic hydroxyl groups excluding tert-OH is 2. The molecule has 0 fully saturated rings. The summed E-state index contributed by atoms with van der Waals surface area (Å²) < 4.78 is 0. The molecule has 0 spiro atoms. The van der Waals surface area contributed by atoms with Gasteiger partial charge in [0.05, 0.1) is 0 Å². The van der Waals surface area contributed by atoms with E-state index in [0.717, 1.165) is 64.2 Å². The number of carboxylic acid groups (broad SMARTS) is 2. The van der Waals surface area contributed by atoms with Gasteiger partial charge in [-0.05, 0) is 57.8 Å². The van der Waals surface area contributed by atoms with Gasteiger partial charge in [-0.2, -0.15) is 0 Å². The van der Waals surface area contributed by atoms with Gasteiger partial charge in [-0.25, -0.2) is 4.79 Å². The predicted octanol–water partition coefficient (Wildman–Crippen LogP) is 8.60. The van der Waals surface area contributed by atoms with Gasteiger partial charge >= 0.3 is 11.9 Å². The van der Waals surface area contributed by atoms with Crippen molar-refractivity contribution in [1.82, 2.24) is 0 Å². The van der Waals surface area contributed by atoms with Gasteiger partial charge in [0.2, 0.25) is 0 Å². The number of allylic oxidation sites excluding steroid dienone is 3. The third-order valence-corrected chi connectivity index (χ3v) is 6.50. The summed E-state index contributed by atoms with van der Waals surface area (Å²) in [5.74, 6) is -1.53. The molecule has 6 heteroatoms. The Morgan fingerprint density at radius 3 is 1.08 bits per heavy atom. The van der Waals surface area contributed by atoms with E-state index in [9.17, 15) is 9.59 Å². The van der Waals surface area contributed by atoms with Crippen molar-refractivity contribution in [3.05, 3.63) is 24.3 Å². The van der Waals surface area contributed by atoms with Crippen molar-refractivity contribution in [2.45, 2.75) is 154 Å². The number of hydrogen-bond donors (Lipinski definition) is 4. The summed E-state index contributed by atoms with van der Waals surface area (Å²) in [7, 11) is 0. The maximum Gasteiger partial charge on any atom is 0.327 e. The molecular formula is C32H60O6. The molecule has 38 heavy (non-hydrogen) atoms. The number of carboxylic acids is 2. The van der Waals surface area contributed by atoms with Crippen LogP contribution in [0.2, 0.25) is 0 Å². The zero-order valence-electron chi connectivity index (χ0n) is 24.3. The summed E-state index contributed by atoms with van der Waals surface area (Å²) in [5.41, 5.74) is 0. The highest BCUT2D eigenvalue weighted by molar-refractivity contribution is 5.79. The lowest BCUT2D eigenvalue weighted by Gasteiger charge is -2.02. The SMILES string of the molecule is O=C(O)C=CCCCCCCCCCCCCCO.O=C(O)CCCCCCCC=CCCCCCCO. The summed E-state index contributed by atoms with van der Waals surface area (Å²) in [6, 6.07) is 0. The van der Waals surface area contributed by atoms with Crippen LogP contribution in [-0.4, -0.2) is 45.6 Å². The Labute approximate surface area is 233 Å². The Morgan fingerprint density at radius 2 is 0.737 bits per heavy atom. The molecule has 0 bridgehead atoms. The molecule has 0 aromatic heterocycles. The molecule has 0 rings (SSSR count). The average molecular weight is 541 g/mol. The van der Waals surface area contributed by atoms with E-state index in [1.165, 1.54) is 89.5 Å². The Bertz CT molecular complexity index is 544. The van der Waals surface area contributed by atoms with Crippen molar-refractivity contribution in [3.63, 3.8) is 0 Å². The van der Waals surface area contributed by atoms with Crippen LogP contribution in [0.25, 0.3) is 0 Å². The minimum absolute atomic E-state index is 0.316. The van der Waals surface area contributed by atoms with E-state index in [-0.39, 0.29) is 0 Å². The van der Waals surface area contributed by atoms with E-state index in [1.807, 2.05) is 0 Å². The van der Waals surface area contributed by atoms with Gasteiger partial charge in [0.15, 0.2) is 0 Å². The van der Waals surface area contributed by atoms with Crippen LogP contribution in [0, 0.1) is 0 Å². The van der Waals surface area contributed by atoms with E-state index in [4.69, 9.17) is 20.4 Å². The van der Waals surface area contributed by atoms with Crippen LogP contribution in [0.1, 0.15) is 154 Å². The fourth-order valence-corrected chi connectivity index (χ4v) is 4.18. The van der Waals surface area contributed by atoms with E-state index < -0.39 is 11.9 Å². The first-order valence-electron chi connectivity index (χ1n) is 15.5. The van der Waals surface area contributed by atoms with Gasteiger partial charge < -0.3 is 20.4 Å². The average Bonchev–Trinajstić information content (AvgIpc) is 2.89. The molecule has 0 aromatic rings. The molecular weight excluding hydrogens is 480 g/mol. The van der Waals surface area contributed by atoms with E-state index in [2.05, 4.69) is 12.2 Å². The van der Waals surface area contributed by atoms with Gasteiger partial charge in [-0.15, -0.1) is 0 Å². The molecule has 0 aliphatic carbocycles. The van der Waals surface area contributed by atoms with Crippen molar-refractivity contribution in [2.75, 3.05) is 13.2 Å². The van der Waals surface area contributed by atoms with Crippen LogP contribution < -0.4 is 0 Å². The van der Waals surface area contributed by atoms with Gasteiger partial charge in [-0.1, -0.05) is 108 Å². The van der Waals surface area contributed by atoms with Crippen molar-refractivity contribution in [3.8, 4) is 0 Å². The lowest BCUT2D eigenvalue weighted by Crippen LogP contribution is -1.93. The van der Waals surface area contributed by atoms with Gasteiger partial charge in [0, 0.05) is 25.7 Å². The number of unbranched alkanes of at least 4 members (excludes halogenated alkanes) is 20. The summed E-state index contributed by atoms with van der Waals surface area (Å²) in [6.07, 6.45) is 34.5. The topological polar surface area (TPSA) is 115 Å². The minimum atomic E-state index is -0.848. The van der Waals surface area contributed by atoms with Crippen molar-refractivity contribution < 1.29 is 30.0 Å². The standard InChI is InChI=1S/2C16H30O3/c2*17-15-13-11-9-7-5-3-1-2-4-6-8-10-12-14-16(18)19/h12,14,17H,1-11,13,15H2,(H,18,19);1,3,17H,2,4-15H2,(H,18,19). The summed E-state index contributed by atoms with van der Waals surface area (Å²) in [4.78, 5) is 20.5. The third kappa shape index (κ3) is 41.5. The molecule has 0 radical (unpaired) electrons. The monoisotopic (exact) mass is 540 g/mol. The second-order valence-corrected chi connectivity index (χ2v) is 10.2. The van der Waals surface area contributed by atoms with Crippen LogP contribution in [0.15, 0.2) is 24.3 Å². The first-order chi connectivity index (χ1) is 18.5. The predicted molar refractivity (Wildman–Crippen MR) is 159 cm³/mol. The lowest BCUT2D eigenvalue weighted by atomic mass is 10.1. The Balaban J connectivity index is 0. The number of carbonyl (C=O) groups is 2. The molecule has 0 heterocycles. The van der Waals surface area contributed by atoms with Crippen LogP contribution in [0.4, 0.5) is 0 Å². The molecule has 0 aliphatic heterocycles. The van der Waals surface area contributed by atoms with Gasteiger partial charge in [0.25, 0.3) is 0 Å². The molecule has 0 aromatic carbocycles. The second kappa shape index (κ2) is 35.3. The maximum atomic E-state index is 10.3. The van der Waals surface area contributed by atoms with E-state index >= 15 is 0 Å². The van der Waals surface area contributed by atoms with E-state index in [0.29, 0.717) is 19.6 Å². The molecule has 0 saturated carbocycles. The van der Waals surface area contributed by atoms with Gasteiger partial charge in [-0.3, -0.25) is 4.79 Å². The zero-order chi connectivity index (χ0) is 28.4. The molecule has 0 saturated heterocycles. The van der Waals surface area contributed by atoms with Crippen LogP contribution >= 0.6 is 0 Å². The van der Waals surface area contributed by atoms with Gasteiger partial charge in [0.1, 0.15) is 0 Å². The van der Waals surface area contributed by atoms with Crippen LogP contribution in [0.5, 0.6) is 0 Å². The van der Waals surface area contributed by atoms with Crippen molar-refractivity contribution in [2.24, 2.45) is 0 Å². The molecule has 224 valence electrons. The fourth-order valence-electron chi connectivity index (χ4n) is 4.18. The number of aliphatic hydroxyl groups is 2. The Kier molecular flexibility index (Phi) is 35.8. The maximum absolute atomic E-state index is 10.3. The molecule has 6 nitrogen and oxygen atoms in total. The van der Waals surface area contributed by atoms with Crippen molar-refractivity contribution in [1.29, 1.82) is 0 Å². The quantitative estimate of drug-likeness (QED) is 0.0448. The minimum Gasteiger partial charge on any atom is -0.481 e. The first-order valence-corrected chi connectivity index (χ1v) is 15.5. The molecule has 0 aliphatic rings. The summed E-state index contributed by atoms with van der Waals surface area (Å²) in [5, 5.41) is 34.2. The van der Waals surface area contributed by atoms with Crippen LogP contribution in [0.3, 0.4) is 0 Å². The Hall–Kier alpha value is -1.66. The fraction of sp³-hybridized carbons (Fsp3) is 0.812. The smallest absolute Gasteiger partial charge is 0.327 e. The molecule has 0 atom stereocenters. The van der Waals surface area contributed by atoms with Crippen molar-refractivity contribution >= 4 is 11.9 Å². The van der Waals surface area contributed by atoms with E-state index in [1.54, 1.807) is 6.08 Å². The highest BCUT2D eigenvalue weighted by Gasteiger charge is 1.96. The molecule has 0 unspecified atom stereocenters. The molecule has 4 N–H and O–H groups in total. The van der Waals surface area contributed by atoms with Crippen LogP contribution in [-0.2, 0) is 9.59 Å². The lowest BCUT2D eigenvalue weighted by molar-refractivity contribution is -0.137. The third-order valence-electron chi connectivity index (χ3n) is 6.50. The summed E-state index contributed by atoms with van der Waals surface area (Å²) in [6.45, 7) is 0.657. The second-order valence-electron chi connectivity index (χ2n) is 10.2. The normalized spacial score (nSPS) is 11.2.